The predicted molar refractivity (Wildman–Crippen MR) is 64.6 cm³/mol. The van der Waals surface area contributed by atoms with Crippen LogP contribution in [0.2, 0.25) is 0 Å². The summed E-state index contributed by atoms with van der Waals surface area (Å²) in [5, 5.41) is 12.8. The SMILES string of the molecule is CCN(C)c1nn(CC(=O)O)c(N)c1C(=O)OC. The molecule has 8 heteroatoms. The topological polar surface area (TPSA) is 111 Å². The van der Waals surface area contributed by atoms with Crippen LogP contribution in [0.5, 0.6) is 0 Å². The Morgan fingerprint density at radius 3 is 2.61 bits per heavy atom. The van der Waals surface area contributed by atoms with Crippen LogP contribution in [0.4, 0.5) is 11.6 Å². The lowest BCUT2D eigenvalue weighted by Gasteiger charge is -2.14. The fourth-order valence-electron chi connectivity index (χ4n) is 1.43. The molecule has 1 aromatic rings. The minimum absolute atomic E-state index is 0.0143. The van der Waals surface area contributed by atoms with Crippen molar-refractivity contribution in [3.63, 3.8) is 0 Å². The highest BCUT2D eigenvalue weighted by molar-refractivity contribution is 5.99. The average Bonchev–Trinajstić information content (AvgIpc) is 2.64. The highest BCUT2D eigenvalue weighted by Gasteiger charge is 2.25. The van der Waals surface area contributed by atoms with E-state index < -0.39 is 18.5 Å². The number of esters is 1. The number of nitrogens with zero attached hydrogens (tertiary/aromatic N) is 3. The van der Waals surface area contributed by atoms with Gasteiger partial charge < -0.3 is 20.5 Å². The molecule has 0 amide bonds. The summed E-state index contributed by atoms with van der Waals surface area (Å²) in [5.41, 5.74) is 5.82. The number of ether oxygens (including phenoxy) is 1. The molecular weight excluding hydrogens is 240 g/mol. The first-order valence-electron chi connectivity index (χ1n) is 5.29. The van der Waals surface area contributed by atoms with Crippen LogP contribution in [0.25, 0.3) is 0 Å². The molecule has 0 atom stereocenters. The second kappa shape index (κ2) is 5.39. The van der Waals surface area contributed by atoms with E-state index in [4.69, 9.17) is 10.8 Å². The summed E-state index contributed by atoms with van der Waals surface area (Å²) >= 11 is 0. The Morgan fingerprint density at radius 2 is 2.17 bits per heavy atom. The van der Waals surface area contributed by atoms with Gasteiger partial charge in [0, 0.05) is 13.6 Å². The Hall–Kier alpha value is -2.25. The van der Waals surface area contributed by atoms with Crippen LogP contribution >= 0.6 is 0 Å². The van der Waals surface area contributed by atoms with Crippen molar-refractivity contribution in [1.29, 1.82) is 0 Å². The second-order valence-corrected chi connectivity index (χ2v) is 3.64. The number of carbonyl (C=O) groups excluding carboxylic acids is 1. The van der Waals surface area contributed by atoms with Gasteiger partial charge in [0.2, 0.25) is 0 Å². The molecule has 1 aromatic heterocycles. The molecule has 0 aliphatic carbocycles. The van der Waals surface area contributed by atoms with E-state index in [1.54, 1.807) is 11.9 Å². The Kier molecular flexibility index (Phi) is 4.13. The van der Waals surface area contributed by atoms with Gasteiger partial charge >= 0.3 is 11.9 Å². The molecule has 0 bridgehead atoms. The molecule has 0 aliphatic heterocycles. The lowest BCUT2D eigenvalue weighted by molar-refractivity contribution is -0.137. The number of rotatable bonds is 5. The summed E-state index contributed by atoms with van der Waals surface area (Å²) in [6.45, 7) is 2.05. The van der Waals surface area contributed by atoms with Gasteiger partial charge in [0.15, 0.2) is 5.82 Å². The summed E-state index contributed by atoms with van der Waals surface area (Å²) in [4.78, 5) is 24.0. The Balaban J connectivity index is 3.31. The number of nitrogen functional groups attached to an aromatic ring is 1. The van der Waals surface area contributed by atoms with Crippen molar-refractivity contribution in [2.24, 2.45) is 0 Å². The van der Waals surface area contributed by atoms with Crippen LogP contribution in [0.1, 0.15) is 17.3 Å². The van der Waals surface area contributed by atoms with Gasteiger partial charge in [0.05, 0.1) is 7.11 Å². The number of aromatic nitrogens is 2. The molecule has 0 aromatic carbocycles. The average molecular weight is 256 g/mol. The van der Waals surface area contributed by atoms with Crippen molar-refractivity contribution in [3.8, 4) is 0 Å². The van der Waals surface area contributed by atoms with Crippen LogP contribution in [0.3, 0.4) is 0 Å². The minimum atomic E-state index is -1.09. The van der Waals surface area contributed by atoms with Gasteiger partial charge in [-0.15, -0.1) is 0 Å². The van der Waals surface area contributed by atoms with E-state index in [1.165, 1.54) is 7.11 Å². The molecule has 18 heavy (non-hydrogen) atoms. The van der Waals surface area contributed by atoms with Crippen molar-refractivity contribution in [3.05, 3.63) is 5.56 Å². The normalized spacial score (nSPS) is 10.2. The maximum atomic E-state index is 11.6. The summed E-state index contributed by atoms with van der Waals surface area (Å²) in [6.07, 6.45) is 0. The summed E-state index contributed by atoms with van der Waals surface area (Å²) < 4.78 is 5.69. The number of methoxy groups -OCH3 is 1. The summed E-state index contributed by atoms with van der Waals surface area (Å²) in [6, 6.07) is 0. The first kappa shape index (κ1) is 13.8. The van der Waals surface area contributed by atoms with Crippen molar-refractivity contribution in [2.45, 2.75) is 13.5 Å². The number of carboxylic acid groups (broad SMARTS) is 1. The van der Waals surface area contributed by atoms with Gasteiger partial charge in [-0.3, -0.25) is 4.79 Å². The fourth-order valence-corrected chi connectivity index (χ4v) is 1.43. The first-order chi connectivity index (χ1) is 8.42. The Morgan fingerprint density at radius 1 is 1.56 bits per heavy atom. The first-order valence-corrected chi connectivity index (χ1v) is 5.29. The molecule has 0 radical (unpaired) electrons. The van der Waals surface area contributed by atoms with Crippen molar-refractivity contribution in [1.82, 2.24) is 9.78 Å². The van der Waals surface area contributed by atoms with E-state index in [0.29, 0.717) is 12.4 Å². The van der Waals surface area contributed by atoms with Crippen LogP contribution in [0.15, 0.2) is 0 Å². The van der Waals surface area contributed by atoms with E-state index >= 15 is 0 Å². The van der Waals surface area contributed by atoms with Gasteiger partial charge in [0.1, 0.15) is 17.9 Å². The van der Waals surface area contributed by atoms with Crippen LogP contribution in [0, 0.1) is 0 Å². The maximum absolute atomic E-state index is 11.6. The largest absolute Gasteiger partial charge is 0.480 e. The standard InChI is InChI=1S/C10H16N4O4/c1-4-13(2)9-7(10(17)18-3)8(11)14(12-9)5-6(15)16/h4-5,11H2,1-3H3,(H,15,16). The molecule has 1 heterocycles. The van der Waals surface area contributed by atoms with Gasteiger partial charge in [-0.05, 0) is 6.92 Å². The zero-order valence-electron chi connectivity index (χ0n) is 10.5. The van der Waals surface area contributed by atoms with Gasteiger partial charge in [-0.25, -0.2) is 9.48 Å². The second-order valence-electron chi connectivity index (χ2n) is 3.64. The highest BCUT2D eigenvalue weighted by atomic mass is 16.5. The fraction of sp³-hybridized carbons (Fsp3) is 0.500. The van der Waals surface area contributed by atoms with E-state index in [-0.39, 0.29) is 11.4 Å². The Bertz CT molecular complexity index is 469. The zero-order chi connectivity index (χ0) is 13.9. The summed E-state index contributed by atoms with van der Waals surface area (Å²) in [5.74, 6) is -1.44. The number of hydrogen-bond acceptors (Lipinski definition) is 6. The van der Waals surface area contributed by atoms with Crippen LogP contribution < -0.4 is 10.6 Å². The van der Waals surface area contributed by atoms with Gasteiger partial charge in [0.25, 0.3) is 0 Å². The van der Waals surface area contributed by atoms with Gasteiger partial charge in [-0.1, -0.05) is 0 Å². The van der Waals surface area contributed by atoms with E-state index in [9.17, 15) is 9.59 Å². The third-order valence-electron chi connectivity index (χ3n) is 2.48. The lowest BCUT2D eigenvalue weighted by Crippen LogP contribution is -2.19. The summed E-state index contributed by atoms with van der Waals surface area (Å²) in [7, 11) is 2.95. The number of anilines is 2. The van der Waals surface area contributed by atoms with E-state index in [2.05, 4.69) is 9.84 Å². The molecule has 0 spiro atoms. The van der Waals surface area contributed by atoms with E-state index in [1.807, 2.05) is 6.92 Å². The molecule has 0 unspecified atom stereocenters. The molecular formula is C10H16N4O4. The zero-order valence-corrected chi connectivity index (χ0v) is 10.5. The number of hydrogen-bond donors (Lipinski definition) is 2. The molecule has 3 N–H and O–H groups in total. The number of carboxylic acids is 1. The predicted octanol–water partition coefficient (Wildman–Crippen LogP) is -0.207. The van der Waals surface area contributed by atoms with Crippen molar-refractivity contribution < 1.29 is 19.4 Å². The third kappa shape index (κ3) is 2.53. The molecule has 0 aliphatic rings. The monoisotopic (exact) mass is 256 g/mol. The quantitative estimate of drug-likeness (QED) is 0.701. The van der Waals surface area contributed by atoms with Crippen molar-refractivity contribution in [2.75, 3.05) is 31.3 Å². The molecule has 0 saturated heterocycles. The van der Waals surface area contributed by atoms with Crippen LogP contribution in [-0.2, 0) is 16.1 Å². The molecule has 0 fully saturated rings. The highest BCUT2D eigenvalue weighted by Crippen LogP contribution is 2.25. The van der Waals surface area contributed by atoms with Crippen molar-refractivity contribution >= 4 is 23.6 Å². The Labute approximate surface area is 104 Å². The molecule has 8 nitrogen and oxygen atoms in total. The lowest BCUT2D eigenvalue weighted by atomic mass is 10.3. The minimum Gasteiger partial charge on any atom is -0.480 e. The number of aliphatic carboxylic acids is 1. The molecule has 1 rings (SSSR count). The molecule has 0 saturated carbocycles. The maximum Gasteiger partial charge on any atom is 0.345 e. The van der Waals surface area contributed by atoms with Gasteiger partial charge in [-0.2, -0.15) is 5.10 Å². The third-order valence-corrected chi connectivity index (χ3v) is 2.48. The van der Waals surface area contributed by atoms with E-state index in [0.717, 1.165) is 4.68 Å². The number of carbonyl (C=O) groups is 2. The van der Waals surface area contributed by atoms with Crippen LogP contribution in [-0.4, -0.2) is 47.5 Å². The smallest absolute Gasteiger partial charge is 0.345 e. The number of nitrogens with two attached hydrogens (primary N) is 1. The molecule has 100 valence electrons.